The van der Waals surface area contributed by atoms with Crippen molar-refractivity contribution < 1.29 is 8.42 Å². The second kappa shape index (κ2) is 6.04. The molecule has 1 saturated heterocycles. The summed E-state index contributed by atoms with van der Waals surface area (Å²) in [6, 6.07) is 8.00. The van der Waals surface area contributed by atoms with E-state index in [9.17, 15) is 8.42 Å². The molecule has 3 rings (SSSR count). The summed E-state index contributed by atoms with van der Waals surface area (Å²) in [6.07, 6.45) is 3.10. The topological polar surface area (TPSA) is 72.2 Å². The third-order valence-electron chi connectivity index (χ3n) is 4.29. The third kappa shape index (κ3) is 2.99. The van der Waals surface area contributed by atoms with Crippen molar-refractivity contribution in [2.75, 3.05) is 5.75 Å². The summed E-state index contributed by atoms with van der Waals surface area (Å²) in [5.74, 6) is 5.97. The second-order valence-corrected chi connectivity index (χ2v) is 8.89. The summed E-state index contributed by atoms with van der Waals surface area (Å²) in [6.45, 7) is 0. The van der Waals surface area contributed by atoms with Crippen LogP contribution in [0.2, 0.25) is 0 Å². The van der Waals surface area contributed by atoms with Crippen LogP contribution in [0.1, 0.15) is 24.8 Å². The Balaban J connectivity index is 1.87. The first-order valence-corrected chi connectivity index (χ1v) is 9.84. The molecule has 3 N–H and O–H groups in total. The van der Waals surface area contributed by atoms with Crippen molar-refractivity contribution in [1.29, 1.82) is 0 Å². The van der Waals surface area contributed by atoms with E-state index in [2.05, 4.69) is 22.9 Å². The van der Waals surface area contributed by atoms with Gasteiger partial charge in [0.15, 0.2) is 9.84 Å². The van der Waals surface area contributed by atoms with E-state index in [0.717, 1.165) is 12.8 Å². The lowest BCUT2D eigenvalue weighted by Crippen LogP contribution is -2.50. The zero-order chi connectivity index (χ0) is 14.9. The van der Waals surface area contributed by atoms with Crippen molar-refractivity contribution in [2.24, 2.45) is 5.84 Å². The Hall–Kier alpha value is -0.950. The number of nitrogens with two attached hydrogens (primary N) is 1. The van der Waals surface area contributed by atoms with Crippen molar-refractivity contribution in [2.45, 2.75) is 37.0 Å². The molecule has 1 aromatic carbocycles. The summed E-state index contributed by atoms with van der Waals surface area (Å²) in [4.78, 5) is 0. The molecule has 0 aliphatic carbocycles. The maximum Gasteiger partial charge on any atom is 0.154 e. The average Bonchev–Trinajstić information content (AvgIpc) is 2.88. The smallest absolute Gasteiger partial charge is 0.154 e. The van der Waals surface area contributed by atoms with Gasteiger partial charge in [0.05, 0.1) is 11.0 Å². The van der Waals surface area contributed by atoms with E-state index in [1.165, 1.54) is 15.6 Å². The van der Waals surface area contributed by atoms with Crippen LogP contribution in [0.3, 0.4) is 0 Å². The normalized spacial score (nSPS) is 23.2. The predicted octanol–water partition coefficient (Wildman–Crippen LogP) is 2.24. The highest BCUT2D eigenvalue weighted by atomic mass is 32.2. The summed E-state index contributed by atoms with van der Waals surface area (Å²) in [5.41, 5.74) is 3.94. The number of hydrogen-bond donors (Lipinski definition) is 2. The number of nitrogens with one attached hydrogen (secondary N) is 1. The van der Waals surface area contributed by atoms with Crippen molar-refractivity contribution in [3.05, 3.63) is 35.2 Å². The van der Waals surface area contributed by atoms with Gasteiger partial charge in [-0.2, -0.15) is 0 Å². The Bertz CT molecular complexity index is 724. The second-order valence-electron chi connectivity index (χ2n) is 5.64. The van der Waals surface area contributed by atoms with Gasteiger partial charge in [-0.3, -0.25) is 11.3 Å². The number of hydrogen-bond acceptors (Lipinski definition) is 5. The molecule has 0 radical (unpaired) electrons. The molecule has 2 heterocycles. The molecule has 2 atom stereocenters. The lowest BCUT2D eigenvalue weighted by atomic mass is 9.99. The molecule has 21 heavy (non-hydrogen) atoms. The Labute approximate surface area is 129 Å². The van der Waals surface area contributed by atoms with Crippen LogP contribution >= 0.6 is 11.3 Å². The Morgan fingerprint density at radius 3 is 2.90 bits per heavy atom. The van der Waals surface area contributed by atoms with E-state index in [1.807, 2.05) is 12.1 Å². The third-order valence-corrected chi connectivity index (χ3v) is 7.65. The van der Waals surface area contributed by atoms with Crippen molar-refractivity contribution in [3.63, 3.8) is 0 Å². The molecule has 6 heteroatoms. The zero-order valence-electron chi connectivity index (χ0n) is 11.8. The maximum absolute atomic E-state index is 12.3. The summed E-state index contributed by atoms with van der Waals surface area (Å²) < 4.78 is 25.8. The Morgan fingerprint density at radius 2 is 2.14 bits per heavy atom. The molecule has 0 saturated carbocycles. The van der Waals surface area contributed by atoms with Gasteiger partial charge in [-0.15, -0.1) is 11.3 Å². The summed E-state index contributed by atoms with van der Waals surface area (Å²) >= 11 is 1.69. The van der Waals surface area contributed by atoms with E-state index in [4.69, 9.17) is 5.84 Å². The highest BCUT2D eigenvalue weighted by molar-refractivity contribution is 7.92. The van der Waals surface area contributed by atoms with Gasteiger partial charge in [-0.1, -0.05) is 24.6 Å². The Morgan fingerprint density at radius 1 is 1.33 bits per heavy atom. The van der Waals surface area contributed by atoms with Gasteiger partial charge in [0, 0.05) is 10.7 Å². The van der Waals surface area contributed by atoms with Gasteiger partial charge < -0.3 is 0 Å². The quantitative estimate of drug-likeness (QED) is 0.668. The van der Waals surface area contributed by atoms with E-state index in [-0.39, 0.29) is 11.3 Å². The summed E-state index contributed by atoms with van der Waals surface area (Å²) in [7, 11) is -3.03. The van der Waals surface area contributed by atoms with Crippen LogP contribution in [0, 0.1) is 0 Å². The average molecular weight is 324 g/mol. The van der Waals surface area contributed by atoms with Crippen LogP contribution in [-0.2, 0) is 16.3 Å². The predicted molar refractivity (Wildman–Crippen MR) is 88.1 cm³/mol. The summed E-state index contributed by atoms with van der Waals surface area (Å²) in [5, 5.41) is 2.95. The van der Waals surface area contributed by atoms with Crippen LogP contribution in [-0.4, -0.2) is 25.5 Å². The molecule has 1 fully saturated rings. The van der Waals surface area contributed by atoms with E-state index >= 15 is 0 Å². The molecular weight excluding hydrogens is 304 g/mol. The first-order chi connectivity index (χ1) is 10.1. The maximum atomic E-state index is 12.3. The van der Waals surface area contributed by atoms with Gasteiger partial charge in [0.1, 0.15) is 0 Å². The van der Waals surface area contributed by atoms with Crippen LogP contribution in [0.5, 0.6) is 0 Å². The Kier molecular flexibility index (Phi) is 4.31. The number of hydrazine groups is 1. The molecule has 0 spiro atoms. The van der Waals surface area contributed by atoms with Crippen LogP contribution in [0.4, 0.5) is 0 Å². The molecular formula is C15H20N2O2S2. The van der Waals surface area contributed by atoms with Crippen molar-refractivity contribution >= 4 is 31.3 Å². The molecule has 1 aliphatic heterocycles. The van der Waals surface area contributed by atoms with Crippen LogP contribution in [0.25, 0.3) is 10.1 Å². The molecule has 2 aromatic rings. The molecule has 0 bridgehead atoms. The fourth-order valence-corrected chi connectivity index (χ4v) is 6.24. The van der Waals surface area contributed by atoms with E-state index < -0.39 is 9.84 Å². The lowest BCUT2D eigenvalue weighted by Gasteiger charge is -2.29. The van der Waals surface area contributed by atoms with Gasteiger partial charge in [-0.25, -0.2) is 8.42 Å². The van der Waals surface area contributed by atoms with E-state index in [0.29, 0.717) is 18.6 Å². The zero-order valence-corrected chi connectivity index (χ0v) is 13.4. The number of sulfone groups is 1. The van der Waals surface area contributed by atoms with E-state index in [1.54, 1.807) is 11.3 Å². The number of benzene rings is 1. The first kappa shape index (κ1) is 15.0. The molecule has 0 amide bonds. The fourth-order valence-electron chi connectivity index (χ4n) is 3.16. The van der Waals surface area contributed by atoms with Gasteiger partial charge in [0.25, 0.3) is 0 Å². The number of fused-ring (bicyclic) bond motifs is 1. The monoisotopic (exact) mass is 324 g/mol. The highest BCUT2D eigenvalue weighted by Crippen LogP contribution is 2.29. The number of thiophene rings is 1. The number of rotatable bonds is 4. The lowest BCUT2D eigenvalue weighted by molar-refractivity contribution is 0.441. The minimum Gasteiger partial charge on any atom is -0.271 e. The largest absolute Gasteiger partial charge is 0.271 e. The van der Waals surface area contributed by atoms with Crippen molar-refractivity contribution in [1.82, 2.24) is 5.43 Å². The van der Waals surface area contributed by atoms with Gasteiger partial charge >= 0.3 is 0 Å². The van der Waals surface area contributed by atoms with Crippen molar-refractivity contribution in [3.8, 4) is 0 Å². The SMILES string of the molecule is NNC(Cc1csc2ccccc12)C1CCCCS1(=O)=O. The standard InChI is InChI=1S/C15H20N2O2S2/c16-17-13(15-7-3-4-8-21(15,18)19)9-11-10-20-14-6-2-1-5-12(11)14/h1-2,5-6,10,13,15,17H,3-4,7-9,16H2. The van der Waals surface area contributed by atoms with Gasteiger partial charge in [-0.05, 0) is 41.7 Å². The van der Waals surface area contributed by atoms with Gasteiger partial charge in [0.2, 0.25) is 0 Å². The van der Waals surface area contributed by atoms with Crippen LogP contribution < -0.4 is 11.3 Å². The minimum atomic E-state index is -3.03. The first-order valence-electron chi connectivity index (χ1n) is 7.24. The molecule has 1 aromatic heterocycles. The molecule has 2 unspecified atom stereocenters. The molecule has 4 nitrogen and oxygen atoms in total. The highest BCUT2D eigenvalue weighted by Gasteiger charge is 2.35. The van der Waals surface area contributed by atoms with Crippen LogP contribution in [0.15, 0.2) is 29.6 Å². The minimum absolute atomic E-state index is 0.215. The molecule has 114 valence electrons. The molecule has 1 aliphatic rings. The fraction of sp³-hybridized carbons (Fsp3) is 0.467.